The number of carbonyl (C=O) groups excluding carboxylic acids is 4. The number of aliphatic hydroxyl groups excluding tert-OH is 5. The predicted molar refractivity (Wildman–Crippen MR) is 115 cm³/mol. The van der Waals surface area contributed by atoms with Crippen molar-refractivity contribution in [2.75, 3.05) is 20.3 Å². The maximum absolute atomic E-state index is 11.8. The van der Waals surface area contributed by atoms with Crippen molar-refractivity contribution >= 4 is 23.5 Å². The fourth-order valence-corrected chi connectivity index (χ4v) is 4.13. The maximum Gasteiger partial charge on any atom is 0.256 e. The van der Waals surface area contributed by atoms with E-state index in [0.717, 1.165) is 17.2 Å². The fourth-order valence-electron chi connectivity index (χ4n) is 4.13. The Morgan fingerprint density at radius 1 is 1.06 bits per heavy atom. The minimum absolute atomic E-state index is 0.0806. The van der Waals surface area contributed by atoms with Crippen molar-refractivity contribution in [2.24, 2.45) is 5.73 Å². The molecule has 8 N–H and O–H groups in total. The molecule has 0 radical (unpaired) electrons. The molecule has 200 valence electrons. The van der Waals surface area contributed by atoms with Gasteiger partial charge in [-0.2, -0.15) is 0 Å². The van der Waals surface area contributed by atoms with Crippen LogP contribution in [0, 0.1) is 0 Å². The van der Waals surface area contributed by atoms with E-state index in [1.807, 2.05) is 0 Å². The first-order chi connectivity index (χ1) is 17.0. The topological polar surface area (TPSA) is 238 Å². The molecule has 0 aromatic heterocycles. The van der Waals surface area contributed by atoms with Gasteiger partial charge in [0.05, 0.1) is 13.2 Å². The first-order valence-electron chi connectivity index (χ1n) is 11.0. The molecule has 4 aliphatic rings. The van der Waals surface area contributed by atoms with Crippen LogP contribution in [0.2, 0.25) is 0 Å². The Kier molecular flexibility index (Phi) is 9.04. The predicted octanol–water partition coefficient (Wildman–Crippen LogP) is -5.23. The number of ether oxygens (including phenoxy) is 3. The number of nitrogens with two attached hydrogens (primary N) is 1. The lowest BCUT2D eigenvalue weighted by atomic mass is 9.98. The summed E-state index contributed by atoms with van der Waals surface area (Å²) in [7, 11) is 1.39. The van der Waals surface area contributed by atoms with Gasteiger partial charge in [-0.25, -0.2) is 0 Å². The Balaban J connectivity index is 0.000000201. The van der Waals surface area contributed by atoms with Gasteiger partial charge in [0.1, 0.15) is 48.8 Å². The molecule has 0 spiro atoms. The van der Waals surface area contributed by atoms with Crippen molar-refractivity contribution in [3.63, 3.8) is 0 Å². The molecule has 2 fully saturated rings. The molecule has 15 nitrogen and oxygen atoms in total. The highest BCUT2D eigenvalue weighted by Crippen LogP contribution is 2.29. The zero-order valence-corrected chi connectivity index (χ0v) is 19.2. The van der Waals surface area contributed by atoms with E-state index in [2.05, 4.69) is 5.32 Å². The third kappa shape index (κ3) is 5.39. The number of ketones is 1. The summed E-state index contributed by atoms with van der Waals surface area (Å²) < 4.78 is 15.7. The number of methoxy groups -OCH3 is 1. The zero-order valence-electron chi connectivity index (χ0n) is 19.2. The van der Waals surface area contributed by atoms with E-state index >= 15 is 0 Å². The van der Waals surface area contributed by atoms with E-state index in [0.29, 0.717) is 0 Å². The highest BCUT2D eigenvalue weighted by molar-refractivity contribution is 6.12. The average Bonchev–Trinajstić information content (AvgIpc) is 3.33. The lowest BCUT2D eigenvalue weighted by Gasteiger charge is -2.31. The van der Waals surface area contributed by atoms with Crippen LogP contribution in [0.5, 0.6) is 0 Å². The molecule has 2 saturated heterocycles. The van der Waals surface area contributed by atoms with Gasteiger partial charge in [0.25, 0.3) is 11.8 Å². The van der Waals surface area contributed by atoms with Crippen LogP contribution in [0.25, 0.3) is 0 Å². The number of hydrogen-bond donors (Lipinski definition) is 7. The summed E-state index contributed by atoms with van der Waals surface area (Å²) in [4.78, 5) is 46.6. The second-order valence-corrected chi connectivity index (χ2v) is 8.38. The number of nitrogens with one attached hydrogen (secondary N) is 1. The third-order valence-corrected chi connectivity index (χ3v) is 6.14. The standard InChI is InChI=1S/C11H15NO6.C10H14N2O6/c1-17-10-8(15)6(4-13)18-9(10)5-2-3-7(14)12-11(5)16;11-6-4(14)1-2-12(9(6)17)10-8(16)7(15)5(3-13)18-10/h2,6,8-10,13,15H,3-4H2,1H3,(H,12,14,16);1-2,5-8,10,13,15-16H,3,11H2/t6-,8+,9+,10?;5-,6?,7+,8?,10-/m11/s1. The van der Waals surface area contributed by atoms with Crippen LogP contribution in [-0.4, -0.2) is 129 Å². The molecule has 0 aromatic rings. The molecule has 15 heteroatoms. The maximum atomic E-state index is 11.8. The highest BCUT2D eigenvalue weighted by atomic mass is 16.6. The summed E-state index contributed by atoms with van der Waals surface area (Å²) in [5.74, 6) is -2.20. The second kappa shape index (κ2) is 11.6. The minimum Gasteiger partial charge on any atom is -0.394 e. The molecule has 0 bridgehead atoms. The lowest BCUT2D eigenvalue weighted by molar-refractivity contribution is -0.150. The molecule has 9 atom stereocenters. The Hall–Kier alpha value is -2.60. The summed E-state index contributed by atoms with van der Waals surface area (Å²) in [5.41, 5.74) is 5.63. The van der Waals surface area contributed by atoms with E-state index in [4.69, 9.17) is 30.2 Å². The van der Waals surface area contributed by atoms with Crippen molar-refractivity contribution in [3.05, 3.63) is 23.9 Å². The van der Waals surface area contributed by atoms with Crippen LogP contribution < -0.4 is 11.1 Å². The first kappa shape index (κ1) is 28.0. The number of nitrogens with zero attached hydrogens (tertiary/aromatic N) is 1. The number of imide groups is 1. The van der Waals surface area contributed by atoms with E-state index in [1.54, 1.807) is 0 Å². The average molecular weight is 515 g/mol. The minimum atomic E-state index is -1.38. The van der Waals surface area contributed by atoms with Crippen molar-refractivity contribution < 1.29 is 58.9 Å². The van der Waals surface area contributed by atoms with Crippen LogP contribution >= 0.6 is 0 Å². The fraction of sp³-hybridized carbons (Fsp3) is 0.619. The monoisotopic (exact) mass is 515 g/mol. The molecule has 0 aromatic carbocycles. The molecule has 0 saturated carbocycles. The Labute approximate surface area is 204 Å². The molecular weight excluding hydrogens is 486 g/mol. The van der Waals surface area contributed by atoms with Crippen LogP contribution in [0.1, 0.15) is 6.42 Å². The molecular formula is C21H29N3O12. The van der Waals surface area contributed by atoms with Gasteiger partial charge in [0.15, 0.2) is 12.0 Å². The summed E-state index contributed by atoms with van der Waals surface area (Å²) >= 11 is 0. The number of aliphatic hydroxyl groups is 5. The molecule has 3 amide bonds. The van der Waals surface area contributed by atoms with Crippen LogP contribution in [0.3, 0.4) is 0 Å². The number of carbonyl (C=O) groups is 4. The first-order valence-corrected chi connectivity index (χ1v) is 11.0. The smallest absolute Gasteiger partial charge is 0.256 e. The van der Waals surface area contributed by atoms with Crippen LogP contribution in [-0.2, 0) is 33.4 Å². The Bertz CT molecular complexity index is 939. The molecule has 36 heavy (non-hydrogen) atoms. The van der Waals surface area contributed by atoms with Gasteiger partial charge in [-0.15, -0.1) is 0 Å². The summed E-state index contributed by atoms with van der Waals surface area (Å²) in [6.07, 6.45) is -4.40. The third-order valence-electron chi connectivity index (χ3n) is 6.14. The Morgan fingerprint density at radius 2 is 1.69 bits per heavy atom. The zero-order chi connectivity index (χ0) is 26.7. The van der Waals surface area contributed by atoms with Gasteiger partial charge in [0.2, 0.25) is 5.91 Å². The van der Waals surface area contributed by atoms with Gasteiger partial charge < -0.3 is 45.5 Å². The van der Waals surface area contributed by atoms with E-state index in [9.17, 15) is 34.5 Å². The van der Waals surface area contributed by atoms with Crippen molar-refractivity contribution in [1.29, 1.82) is 0 Å². The van der Waals surface area contributed by atoms with Gasteiger partial charge in [-0.05, 0) is 6.08 Å². The number of amides is 3. The summed E-state index contributed by atoms with van der Waals surface area (Å²) in [6, 6.07) is -1.34. The highest BCUT2D eigenvalue weighted by Gasteiger charge is 2.48. The molecule has 4 heterocycles. The van der Waals surface area contributed by atoms with E-state index in [-0.39, 0.29) is 24.5 Å². The summed E-state index contributed by atoms with van der Waals surface area (Å²) in [6.45, 7) is -0.864. The quantitative estimate of drug-likeness (QED) is 0.134. The number of rotatable bonds is 5. The van der Waals surface area contributed by atoms with Gasteiger partial charge in [-0.3, -0.25) is 29.4 Å². The van der Waals surface area contributed by atoms with Crippen molar-refractivity contribution in [1.82, 2.24) is 10.2 Å². The largest absolute Gasteiger partial charge is 0.394 e. The molecule has 3 unspecified atom stereocenters. The lowest BCUT2D eigenvalue weighted by Crippen LogP contribution is -2.54. The molecule has 0 aliphatic carbocycles. The van der Waals surface area contributed by atoms with Crippen molar-refractivity contribution in [3.8, 4) is 0 Å². The summed E-state index contributed by atoms with van der Waals surface area (Å²) in [5, 5.41) is 49.3. The number of hydrogen-bond acceptors (Lipinski definition) is 13. The second-order valence-electron chi connectivity index (χ2n) is 8.38. The van der Waals surface area contributed by atoms with Crippen LogP contribution in [0.15, 0.2) is 23.9 Å². The van der Waals surface area contributed by atoms with Gasteiger partial charge >= 0.3 is 0 Å². The normalized spacial score (nSPS) is 38.6. The van der Waals surface area contributed by atoms with E-state index < -0.39 is 79.2 Å². The Morgan fingerprint density at radius 3 is 2.25 bits per heavy atom. The molecule has 4 rings (SSSR count). The van der Waals surface area contributed by atoms with Gasteiger partial charge in [-0.1, -0.05) is 6.08 Å². The molecule has 4 aliphatic heterocycles. The van der Waals surface area contributed by atoms with Crippen molar-refractivity contribution in [2.45, 2.75) is 61.4 Å². The van der Waals surface area contributed by atoms with Gasteiger partial charge in [0, 0.05) is 25.3 Å². The SMILES string of the molecule is COC1[C@@H](O)[C@@H](CO)O[C@H]1C1=CCC(=O)NC1=O.NC1C(=O)C=CN([C@@H]2O[C@H](CO)[C@H](O)C2O)C1=O. The van der Waals surface area contributed by atoms with Crippen LogP contribution in [0.4, 0.5) is 0 Å². The van der Waals surface area contributed by atoms with E-state index in [1.165, 1.54) is 13.2 Å².